The van der Waals surface area contributed by atoms with Crippen LogP contribution in [0.4, 0.5) is 5.13 Å². The van der Waals surface area contributed by atoms with Crippen LogP contribution in [0.2, 0.25) is 0 Å². The van der Waals surface area contributed by atoms with Gasteiger partial charge in [0.05, 0.1) is 5.69 Å². The van der Waals surface area contributed by atoms with Crippen LogP contribution in [0.1, 0.15) is 32.0 Å². The standard InChI is InChI=1S/C8H15N3S/c1-3-4-10-6(2)7-5-12-8(9)11-7/h5-6,10H,3-4H2,1-2H3,(H2,9,11). The third-order valence-electron chi connectivity index (χ3n) is 1.68. The van der Waals surface area contributed by atoms with Crippen molar-refractivity contribution in [1.82, 2.24) is 10.3 Å². The van der Waals surface area contributed by atoms with Crippen molar-refractivity contribution in [2.75, 3.05) is 12.3 Å². The van der Waals surface area contributed by atoms with Gasteiger partial charge in [-0.1, -0.05) is 6.92 Å². The van der Waals surface area contributed by atoms with E-state index in [2.05, 4.69) is 24.1 Å². The molecule has 12 heavy (non-hydrogen) atoms. The molecule has 0 saturated carbocycles. The van der Waals surface area contributed by atoms with E-state index >= 15 is 0 Å². The van der Waals surface area contributed by atoms with Crippen molar-refractivity contribution >= 4 is 16.5 Å². The van der Waals surface area contributed by atoms with Crippen molar-refractivity contribution in [3.63, 3.8) is 0 Å². The Morgan fingerprint density at radius 2 is 2.50 bits per heavy atom. The quantitative estimate of drug-likeness (QED) is 0.752. The highest BCUT2D eigenvalue weighted by atomic mass is 32.1. The fourth-order valence-electron chi connectivity index (χ4n) is 0.965. The highest BCUT2D eigenvalue weighted by Crippen LogP contribution is 2.17. The second-order valence-corrected chi connectivity index (χ2v) is 3.68. The molecule has 1 atom stereocenters. The van der Waals surface area contributed by atoms with E-state index in [1.807, 2.05) is 5.38 Å². The molecule has 1 unspecified atom stereocenters. The fraction of sp³-hybridized carbons (Fsp3) is 0.625. The molecule has 0 radical (unpaired) electrons. The van der Waals surface area contributed by atoms with Gasteiger partial charge in [-0.2, -0.15) is 0 Å². The second-order valence-electron chi connectivity index (χ2n) is 2.79. The van der Waals surface area contributed by atoms with Crippen LogP contribution in [0, 0.1) is 0 Å². The molecule has 1 rings (SSSR count). The van der Waals surface area contributed by atoms with Gasteiger partial charge in [-0.25, -0.2) is 4.98 Å². The first-order valence-electron chi connectivity index (χ1n) is 4.18. The monoisotopic (exact) mass is 185 g/mol. The average molecular weight is 185 g/mol. The lowest BCUT2D eigenvalue weighted by atomic mass is 10.2. The Balaban J connectivity index is 2.47. The summed E-state index contributed by atoms with van der Waals surface area (Å²) < 4.78 is 0. The van der Waals surface area contributed by atoms with Crippen LogP contribution in [0.3, 0.4) is 0 Å². The van der Waals surface area contributed by atoms with E-state index < -0.39 is 0 Å². The molecule has 3 N–H and O–H groups in total. The predicted molar refractivity (Wildman–Crippen MR) is 53.2 cm³/mol. The van der Waals surface area contributed by atoms with Crippen LogP contribution >= 0.6 is 11.3 Å². The molecule has 0 amide bonds. The van der Waals surface area contributed by atoms with Gasteiger partial charge in [0.1, 0.15) is 0 Å². The van der Waals surface area contributed by atoms with Crippen molar-refractivity contribution in [3.8, 4) is 0 Å². The summed E-state index contributed by atoms with van der Waals surface area (Å²) >= 11 is 1.49. The van der Waals surface area contributed by atoms with Gasteiger partial charge in [-0.3, -0.25) is 0 Å². The lowest BCUT2D eigenvalue weighted by Gasteiger charge is -2.09. The third-order valence-corrected chi connectivity index (χ3v) is 2.38. The fourth-order valence-corrected chi connectivity index (χ4v) is 1.62. The Bertz CT molecular complexity index is 234. The molecule has 4 heteroatoms. The number of nitrogens with zero attached hydrogens (tertiary/aromatic N) is 1. The summed E-state index contributed by atoms with van der Waals surface area (Å²) in [4.78, 5) is 4.20. The van der Waals surface area contributed by atoms with Crippen molar-refractivity contribution in [2.24, 2.45) is 0 Å². The van der Waals surface area contributed by atoms with Crippen LogP contribution < -0.4 is 11.1 Å². The number of hydrogen-bond acceptors (Lipinski definition) is 4. The highest BCUT2D eigenvalue weighted by molar-refractivity contribution is 7.13. The van der Waals surface area contributed by atoms with E-state index in [1.54, 1.807) is 0 Å². The second kappa shape index (κ2) is 4.42. The SMILES string of the molecule is CCCNC(C)c1csc(N)n1. The Morgan fingerprint density at radius 3 is 3.00 bits per heavy atom. The van der Waals surface area contributed by atoms with E-state index in [4.69, 9.17) is 5.73 Å². The Kier molecular flexibility index (Phi) is 3.49. The summed E-state index contributed by atoms with van der Waals surface area (Å²) in [5.74, 6) is 0. The third kappa shape index (κ3) is 2.46. The van der Waals surface area contributed by atoms with E-state index in [-0.39, 0.29) is 0 Å². The van der Waals surface area contributed by atoms with Gasteiger partial charge in [-0.05, 0) is 19.9 Å². The summed E-state index contributed by atoms with van der Waals surface area (Å²) in [6.07, 6.45) is 1.14. The summed E-state index contributed by atoms with van der Waals surface area (Å²) in [5, 5.41) is 6.00. The van der Waals surface area contributed by atoms with Gasteiger partial charge in [0.2, 0.25) is 0 Å². The van der Waals surface area contributed by atoms with E-state index in [9.17, 15) is 0 Å². The molecule has 1 heterocycles. The first kappa shape index (κ1) is 9.48. The molecule has 0 aromatic carbocycles. The Hall–Kier alpha value is -0.610. The lowest BCUT2D eigenvalue weighted by molar-refractivity contribution is 0.561. The molecule has 0 fully saturated rings. The zero-order valence-corrected chi connectivity index (χ0v) is 8.32. The minimum absolute atomic E-state index is 0.318. The molecular weight excluding hydrogens is 170 g/mol. The van der Waals surface area contributed by atoms with Crippen molar-refractivity contribution in [2.45, 2.75) is 26.3 Å². The molecule has 68 valence electrons. The average Bonchev–Trinajstić information content (AvgIpc) is 2.47. The summed E-state index contributed by atoms with van der Waals surface area (Å²) in [7, 11) is 0. The molecule has 0 aliphatic heterocycles. The van der Waals surface area contributed by atoms with Crippen LogP contribution in [0.5, 0.6) is 0 Å². The number of nitrogen functional groups attached to an aromatic ring is 1. The minimum Gasteiger partial charge on any atom is -0.375 e. The van der Waals surface area contributed by atoms with Crippen LogP contribution in [0.25, 0.3) is 0 Å². The Morgan fingerprint density at radius 1 is 1.75 bits per heavy atom. The predicted octanol–water partition coefficient (Wildman–Crippen LogP) is 1.79. The summed E-state index contributed by atoms with van der Waals surface area (Å²) in [6.45, 7) is 5.28. The number of hydrogen-bond donors (Lipinski definition) is 2. The molecule has 0 bridgehead atoms. The number of nitrogens with two attached hydrogens (primary N) is 1. The maximum Gasteiger partial charge on any atom is 0.180 e. The smallest absolute Gasteiger partial charge is 0.180 e. The number of aromatic nitrogens is 1. The zero-order valence-electron chi connectivity index (χ0n) is 7.50. The number of nitrogens with one attached hydrogen (secondary N) is 1. The molecule has 0 spiro atoms. The molecular formula is C8H15N3S. The van der Waals surface area contributed by atoms with Gasteiger partial charge < -0.3 is 11.1 Å². The van der Waals surface area contributed by atoms with Crippen LogP contribution in [-0.2, 0) is 0 Å². The topological polar surface area (TPSA) is 50.9 Å². The number of thiazole rings is 1. The lowest BCUT2D eigenvalue weighted by Crippen LogP contribution is -2.19. The largest absolute Gasteiger partial charge is 0.375 e. The van der Waals surface area contributed by atoms with Gasteiger partial charge in [0, 0.05) is 11.4 Å². The molecule has 3 nitrogen and oxygen atoms in total. The van der Waals surface area contributed by atoms with Crippen molar-refractivity contribution < 1.29 is 0 Å². The van der Waals surface area contributed by atoms with Crippen LogP contribution in [0.15, 0.2) is 5.38 Å². The van der Waals surface area contributed by atoms with Gasteiger partial charge in [0.15, 0.2) is 5.13 Å². The maximum atomic E-state index is 5.52. The molecule has 1 aromatic rings. The number of rotatable bonds is 4. The van der Waals surface area contributed by atoms with Gasteiger partial charge in [-0.15, -0.1) is 11.3 Å². The molecule has 1 aromatic heterocycles. The minimum atomic E-state index is 0.318. The molecule has 0 saturated heterocycles. The zero-order chi connectivity index (χ0) is 8.97. The highest BCUT2D eigenvalue weighted by Gasteiger charge is 2.06. The molecule has 0 aliphatic carbocycles. The molecule has 0 aliphatic rings. The first-order valence-corrected chi connectivity index (χ1v) is 5.06. The van der Waals surface area contributed by atoms with Crippen molar-refractivity contribution in [3.05, 3.63) is 11.1 Å². The summed E-state index contributed by atoms with van der Waals surface area (Å²) in [5.41, 5.74) is 6.57. The van der Waals surface area contributed by atoms with E-state index in [0.29, 0.717) is 11.2 Å². The Labute approximate surface area is 77.0 Å². The van der Waals surface area contributed by atoms with E-state index in [0.717, 1.165) is 18.7 Å². The summed E-state index contributed by atoms with van der Waals surface area (Å²) in [6, 6.07) is 0.318. The first-order chi connectivity index (χ1) is 5.74. The number of anilines is 1. The van der Waals surface area contributed by atoms with Gasteiger partial charge in [0.25, 0.3) is 0 Å². The normalized spacial score (nSPS) is 13.2. The maximum absolute atomic E-state index is 5.52. The van der Waals surface area contributed by atoms with Crippen molar-refractivity contribution in [1.29, 1.82) is 0 Å². The van der Waals surface area contributed by atoms with E-state index in [1.165, 1.54) is 11.3 Å². The van der Waals surface area contributed by atoms with Crippen LogP contribution in [-0.4, -0.2) is 11.5 Å². The van der Waals surface area contributed by atoms with Gasteiger partial charge >= 0.3 is 0 Å².